The van der Waals surface area contributed by atoms with E-state index < -0.39 is 22.8 Å². The number of nitriles is 2. The van der Waals surface area contributed by atoms with E-state index in [4.69, 9.17) is 15.2 Å². The van der Waals surface area contributed by atoms with Crippen molar-refractivity contribution in [3.63, 3.8) is 0 Å². The molecule has 3 aliphatic rings. The van der Waals surface area contributed by atoms with Gasteiger partial charge in [-0.3, -0.25) is 0 Å². The molecule has 1 aromatic carbocycles. The van der Waals surface area contributed by atoms with E-state index in [2.05, 4.69) is 22.4 Å². The SMILES string of the molecule is CC1=C[C@]2(C#N)C3(N=C(N)[C@]2(C#N)[C@@H](c2ccccc2)N1)OCCO3. The number of rotatable bonds is 1. The third kappa shape index (κ3) is 1.67. The Labute approximate surface area is 145 Å². The minimum atomic E-state index is -1.59. The average molecular weight is 335 g/mol. The average Bonchev–Trinajstić information content (AvgIpc) is 3.18. The smallest absolute Gasteiger partial charge is 0.296 e. The maximum absolute atomic E-state index is 10.2. The number of ether oxygens (including phenoxy) is 2. The lowest BCUT2D eigenvalue weighted by molar-refractivity contribution is -0.208. The summed E-state index contributed by atoms with van der Waals surface area (Å²) < 4.78 is 11.5. The first-order valence-electron chi connectivity index (χ1n) is 8.02. The summed E-state index contributed by atoms with van der Waals surface area (Å²) in [5, 5.41) is 23.8. The number of amidine groups is 1. The Bertz CT molecular complexity index is 860. The monoisotopic (exact) mass is 335 g/mol. The Morgan fingerprint density at radius 2 is 1.88 bits per heavy atom. The first kappa shape index (κ1) is 15.6. The lowest BCUT2D eigenvalue weighted by Crippen LogP contribution is -2.61. The van der Waals surface area contributed by atoms with Crippen LogP contribution in [0.15, 0.2) is 47.1 Å². The van der Waals surface area contributed by atoms with Gasteiger partial charge in [-0.05, 0) is 18.6 Å². The van der Waals surface area contributed by atoms with Gasteiger partial charge in [0.2, 0.25) is 0 Å². The number of aliphatic imine (C=N–C) groups is 1. The lowest BCUT2D eigenvalue weighted by Gasteiger charge is -2.47. The molecule has 1 spiro atoms. The summed E-state index contributed by atoms with van der Waals surface area (Å²) in [5.74, 6) is -1.54. The summed E-state index contributed by atoms with van der Waals surface area (Å²) in [4.78, 5) is 4.38. The summed E-state index contributed by atoms with van der Waals surface area (Å²) in [5.41, 5.74) is 4.92. The van der Waals surface area contributed by atoms with E-state index in [-0.39, 0.29) is 19.0 Å². The van der Waals surface area contributed by atoms with Crippen molar-refractivity contribution < 1.29 is 9.47 Å². The molecule has 0 unspecified atom stereocenters. The van der Waals surface area contributed by atoms with Gasteiger partial charge in [0.15, 0.2) is 10.8 Å². The second-order valence-electron chi connectivity index (χ2n) is 6.43. The molecule has 3 N–H and O–H groups in total. The van der Waals surface area contributed by atoms with Gasteiger partial charge in [0, 0.05) is 5.70 Å². The number of hydrogen-bond acceptors (Lipinski definition) is 7. The molecule has 126 valence electrons. The number of nitrogens with zero attached hydrogens (tertiary/aromatic N) is 3. The molecule has 7 nitrogen and oxygen atoms in total. The van der Waals surface area contributed by atoms with Gasteiger partial charge in [-0.25, -0.2) is 4.99 Å². The van der Waals surface area contributed by atoms with E-state index in [0.717, 1.165) is 11.3 Å². The third-order valence-corrected chi connectivity index (χ3v) is 5.19. The molecule has 0 aliphatic carbocycles. The second kappa shape index (κ2) is 5.06. The zero-order valence-electron chi connectivity index (χ0n) is 13.7. The van der Waals surface area contributed by atoms with Crippen LogP contribution in [0.5, 0.6) is 0 Å². The quantitative estimate of drug-likeness (QED) is 0.799. The van der Waals surface area contributed by atoms with Crippen LogP contribution >= 0.6 is 0 Å². The third-order valence-electron chi connectivity index (χ3n) is 5.19. The molecule has 0 aromatic heterocycles. The van der Waals surface area contributed by atoms with Crippen molar-refractivity contribution in [1.82, 2.24) is 5.32 Å². The zero-order chi connectivity index (χ0) is 17.7. The molecular weight excluding hydrogens is 318 g/mol. The first-order chi connectivity index (χ1) is 12.1. The molecule has 3 heterocycles. The summed E-state index contributed by atoms with van der Waals surface area (Å²) in [6.45, 7) is 2.42. The maximum atomic E-state index is 10.2. The topological polar surface area (TPSA) is 116 Å². The predicted octanol–water partition coefficient (Wildman–Crippen LogP) is 1.33. The minimum Gasteiger partial charge on any atom is -0.386 e. The van der Waals surface area contributed by atoms with E-state index in [0.29, 0.717) is 0 Å². The highest BCUT2D eigenvalue weighted by Crippen LogP contribution is 2.63. The number of benzene rings is 1. The number of hydrogen-bond donors (Lipinski definition) is 2. The van der Waals surface area contributed by atoms with Crippen LogP contribution < -0.4 is 11.1 Å². The van der Waals surface area contributed by atoms with Crippen molar-refractivity contribution in [1.29, 1.82) is 10.5 Å². The molecule has 0 radical (unpaired) electrons. The molecule has 25 heavy (non-hydrogen) atoms. The van der Waals surface area contributed by atoms with Crippen molar-refractivity contribution in [3.05, 3.63) is 47.7 Å². The Balaban J connectivity index is 2.03. The van der Waals surface area contributed by atoms with Crippen molar-refractivity contribution in [2.24, 2.45) is 21.6 Å². The van der Waals surface area contributed by atoms with E-state index >= 15 is 0 Å². The van der Waals surface area contributed by atoms with Gasteiger partial charge in [-0.1, -0.05) is 30.3 Å². The van der Waals surface area contributed by atoms with E-state index in [1.165, 1.54) is 0 Å². The summed E-state index contributed by atoms with van der Waals surface area (Å²) in [7, 11) is 0. The molecule has 7 heteroatoms. The van der Waals surface area contributed by atoms with E-state index in [9.17, 15) is 10.5 Å². The molecule has 4 rings (SSSR count). The van der Waals surface area contributed by atoms with Crippen LogP contribution in [-0.2, 0) is 9.47 Å². The van der Waals surface area contributed by atoms with Gasteiger partial charge >= 0.3 is 0 Å². The highest BCUT2D eigenvalue weighted by Gasteiger charge is 2.77. The Morgan fingerprint density at radius 3 is 2.48 bits per heavy atom. The Kier molecular flexibility index (Phi) is 3.17. The number of nitrogens with two attached hydrogens (primary N) is 1. The van der Waals surface area contributed by atoms with Gasteiger partial charge in [-0.15, -0.1) is 0 Å². The number of fused-ring (bicyclic) bond motifs is 2. The zero-order valence-corrected chi connectivity index (χ0v) is 13.7. The molecule has 0 saturated carbocycles. The highest BCUT2D eigenvalue weighted by molar-refractivity contribution is 5.95. The molecule has 0 bridgehead atoms. The molecule has 3 aliphatic heterocycles. The normalized spacial score (nSPS) is 35.1. The predicted molar refractivity (Wildman–Crippen MR) is 88.4 cm³/mol. The van der Waals surface area contributed by atoms with Gasteiger partial charge in [0.25, 0.3) is 5.91 Å². The number of allylic oxidation sites excluding steroid dienone is 1. The van der Waals surface area contributed by atoms with E-state index in [1.54, 1.807) is 6.08 Å². The van der Waals surface area contributed by atoms with Gasteiger partial charge in [0.05, 0.1) is 31.4 Å². The fraction of sp³-hybridized carbons (Fsp3) is 0.389. The summed E-state index contributed by atoms with van der Waals surface area (Å²) >= 11 is 0. The Hall–Kier alpha value is -2.87. The molecule has 1 saturated heterocycles. The second-order valence-corrected chi connectivity index (χ2v) is 6.43. The standard InChI is InChI=1S/C18H17N5O2/c1-12-9-16(10-19)17(11-20,14(22-12)13-5-3-2-4-6-13)15(21)23-18(16)24-7-8-25-18/h2-6,9,14,22H,7-8H2,1H3,(H2,21,23)/t14-,16-,17+/m1/s1. The fourth-order valence-electron chi connectivity index (χ4n) is 4.14. The first-order valence-corrected chi connectivity index (χ1v) is 8.02. The molecular formula is C18H17N5O2. The number of nitrogens with one attached hydrogen (secondary N) is 1. The summed E-state index contributed by atoms with van der Waals surface area (Å²) in [6.07, 6.45) is 1.67. The van der Waals surface area contributed by atoms with Crippen molar-refractivity contribution in [2.75, 3.05) is 13.2 Å². The van der Waals surface area contributed by atoms with E-state index in [1.807, 2.05) is 37.3 Å². The van der Waals surface area contributed by atoms with Crippen LogP contribution in [-0.4, -0.2) is 25.0 Å². The van der Waals surface area contributed by atoms with Gasteiger partial charge < -0.3 is 20.5 Å². The lowest BCUT2D eigenvalue weighted by atomic mass is 9.57. The van der Waals surface area contributed by atoms with Gasteiger partial charge in [-0.2, -0.15) is 10.5 Å². The van der Waals surface area contributed by atoms with Crippen LogP contribution in [0.3, 0.4) is 0 Å². The molecule has 3 atom stereocenters. The van der Waals surface area contributed by atoms with Crippen LogP contribution in [0.2, 0.25) is 0 Å². The van der Waals surface area contributed by atoms with Crippen LogP contribution in [0.4, 0.5) is 0 Å². The Morgan fingerprint density at radius 1 is 1.20 bits per heavy atom. The van der Waals surface area contributed by atoms with Crippen molar-refractivity contribution in [2.45, 2.75) is 18.9 Å². The van der Waals surface area contributed by atoms with Crippen LogP contribution in [0.25, 0.3) is 0 Å². The van der Waals surface area contributed by atoms with Crippen LogP contribution in [0, 0.1) is 33.5 Å². The molecule has 1 aromatic rings. The van der Waals surface area contributed by atoms with Crippen molar-refractivity contribution in [3.8, 4) is 12.1 Å². The van der Waals surface area contributed by atoms with Crippen molar-refractivity contribution >= 4 is 5.84 Å². The summed E-state index contributed by atoms with van der Waals surface area (Å²) in [6, 6.07) is 13.5. The highest BCUT2D eigenvalue weighted by atomic mass is 16.8. The maximum Gasteiger partial charge on any atom is 0.296 e. The van der Waals surface area contributed by atoms with Crippen LogP contribution in [0.1, 0.15) is 18.5 Å². The fourth-order valence-corrected chi connectivity index (χ4v) is 4.14. The molecule has 1 fully saturated rings. The molecule has 0 amide bonds. The van der Waals surface area contributed by atoms with Gasteiger partial charge in [0.1, 0.15) is 5.84 Å². The minimum absolute atomic E-state index is 0.0450. The largest absolute Gasteiger partial charge is 0.386 e.